The molecule has 3 N–H and O–H groups in total. The van der Waals surface area contributed by atoms with Gasteiger partial charge >= 0.3 is 68.9 Å². The summed E-state index contributed by atoms with van der Waals surface area (Å²) in [7, 11) is 0. The second-order valence-corrected chi connectivity index (χ2v) is 0. The summed E-state index contributed by atoms with van der Waals surface area (Å²) in [5, 5.41) is 0. The molecule has 0 spiro atoms. The van der Waals surface area contributed by atoms with Crippen molar-refractivity contribution >= 4 is 92.9 Å². The van der Waals surface area contributed by atoms with Crippen molar-refractivity contribution in [2.45, 2.75) is 0 Å². The zero-order valence-electron chi connectivity index (χ0n) is 1.42. The maximum absolute atomic E-state index is 0. The van der Waals surface area contributed by atoms with Crippen LogP contribution in [0.25, 0.3) is 0 Å². The van der Waals surface area contributed by atoms with E-state index in [9.17, 15) is 0 Å². The summed E-state index contributed by atoms with van der Waals surface area (Å²) >= 11 is 0. The van der Waals surface area contributed by atoms with Crippen molar-refractivity contribution in [2.75, 3.05) is 0 Å². The molecule has 0 heterocycles. The van der Waals surface area contributed by atoms with E-state index in [1.807, 2.05) is 0 Å². The first-order valence-electron chi connectivity index (χ1n) is 0. The third-order valence-corrected chi connectivity index (χ3v) is 0. The molecule has 0 saturated heterocycles. The Labute approximate surface area is 113 Å². The van der Waals surface area contributed by atoms with Crippen LogP contribution in [0.2, 0.25) is 0 Å². The quantitative estimate of drug-likeness (QED) is 0.493. The van der Waals surface area contributed by atoms with Crippen LogP contribution in [-0.4, -0.2) is 68.9 Å². The van der Waals surface area contributed by atoms with Crippen LogP contribution in [0.15, 0.2) is 0 Å². The Morgan fingerprint density at radius 3 is 1.00 bits per heavy atom. The maximum Gasteiger partial charge on any atom is 0 e. The monoisotopic (exact) mass is 342 g/mol. The molecule has 29 valence electrons. The smallest absolute Gasteiger partial charge is 0 e. The molecule has 0 unspecified atom stereocenters. The molecular formula is H5CsCuIN. The first kappa shape index (κ1) is 26.8. The summed E-state index contributed by atoms with van der Waals surface area (Å²) in [6.07, 6.45) is 0. The molecule has 0 amide bonds. The average Bonchev–Trinajstić information content (AvgIpc) is 0. The Balaban J connectivity index is 0. The molecule has 0 aromatic rings. The molecule has 0 fully saturated rings. The first-order chi connectivity index (χ1) is 0. The minimum Gasteiger partial charge on any atom is 0 e. The van der Waals surface area contributed by atoms with Gasteiger partial charge in [0.15, 0.2) is 0 Å². The zero-order valence-corrected chi connectivity index (χ0v) is 4.69. The van der Waals surface area contributed by atoms with Crippen molar-refractivity contribution in [3.63, 3.8) is 0 Å². The molecule has 4 heteroatoms. The maximum atomic E-state index is 0. The van der Waals surface area contributed by atoms with Crippen molar-refractivity contribution in [2.24, 2.45) is 0 Å². The molecule has 0 bridgehead atoms. The fourth-order valence-corrected chi connectivity index (χ4v) is 0. The van der Waals surface area contributed by atoms with Gasteiger partial charge in [-0.25, -0.2) is 0 Å². The van der Waals surface area contributed by atoms with Crippen LogP contribution in [-0.2, 0) is 17.1 Å². The van der Waals surface area contributed by atoms with Crippen LogP contribution in [0.1, 0.15) is 0 Å². The predicted octanol–water partition coefficient (Wildman–Crippen LogP) is 0.129. The molecule has 0 aliphatic rings. The summed E-state index contributed by atoms with van der Waals surface area (Å²) in [5.41, 5.74) is 0. The Bertz CT molecular complexity index is 8.00. The van der Waals surface area contributed by atoms with E-state index in [-0.39, 0.29) is 116 Å². The summed E-state index contributed by atoms with van der Waals surface area (Å²) < 4.78 is 0. The molecule has 1 nitrogen and oxygen atoms in total. The molecule has 1 radical (unpaired) electrons. The van der Waals surface area contributed by atoms with E-state index < -0.39 is 0 Å². The minimum absolute atomic E-state index is 0. The molecule has 0 saturated carbocycles. The van der Waals surface area contributed by atoms with Crippen LogP contribution in [0.5, 0.6) is 0 Å². The van der Waals surface area contributed by atoms with Crippen LogP contribution < -0.4 is 6.15 Å². The fourth-order valence-electron chi connectivity index (χ4n) is 0. The van der Waals surface area contributed by atoms with E-state index in [0.717, 1.165) is 0 Å². The number of halogens is 1. The van der Waals surface area contributed by atoms with Gasteiger partial charge in [-0.3, -0.25) is 0 Å². The topological polar surface area (TPSA) is 35.0 Å². The van der Waals surface area contributed by atoms with Gasteiger partial charge in [-0.2, -0.15) is 0 Å². The van der Waals surface area contributed by atoms with Gasteiger partial charge in [-0.05, 0) is 0 Å². The minimum atomic E-state index is 0. The van der Waals surface area contributed by atoms with Gasteiger partial charge < -0.3 is 6.15 Å². The Kier molecular flexibility index (Phi) is 109. The standard InChI is InChI=1S/Cs.Cu.HI.H3N.H/h;;1H;1H3;. The normalized spacial score (nSPS) is 0. The van der Waals surface area contributed by atoms with Crippen LogP contribution >= 0.6 is 24.0 Å². The van der Waals surface area contributed by atoms with Crippen molar-refractivity contribution in [3.05, 3.63) is 0 Å². The van der Waals surface area contributed by atoms with E-state index >= 15 is 0 Å². The summed E-state index contributed by atoms with van der Waals surface area (Å²) in [4.78, 5) is 0. The fraction of sp³-hybridized carbons (Fsp3) is 0. The molecule has 0 rings (SSSR count). The van der Waals surface area contributed by atoms with Crippen molar-refractivity contribution < 1.29 is 17.1 Å². The van der Waals surface area contributed by atoms with E-state index in [1.165, 1.54) is 0 Å². The van der Waals surface area contributed by atoms with Gasteiger partial charge in [-0.1, -0.05) is 0 Å². The number of hydrogen-bond donors (Lipinski definition) is 1. The van der Waals surface area contributed by atoms with E-state index in [1.54, 1.807) is 0 Å². The Morgan fingerprint density at radius 1 is 1.00 bits per heavy atom. The van der Waals surface area contributed by atoms with Crippen LogP contribution in [0.3, 0.4) is 0 Å². The molecular weight excluding hydrogens is 337 g/mol. The van der Waals surface area contributed by atoms with Gasteiger partial charge in [-0.15, -0.1) is 24.0 Å². The van der Waals surface area contributed by atoms with Gasteiger partial charge in [0.1, 0.15) is 0 Å². The first-order valence-corrected chi connectivity index (χ1v) is 0. The van der Waals surface area contributed by atoms with Crippen LogP contribution in [0, 0.1) is 0 Å². The predicted molar refractivity (Wildman–Crippen MR) is 27.6 cm³/mol. The Hall–Kier alpha value is 3.26. The van der Waals surface area contributed by atoms with Crippen molar-refractivity contribution in [1.29, 1.82) is 0 Å². The summed E-state index contributed by atoms with van der Waals surface area (Å²) in [6, 6.07) is 0. The molecule has 0 atom stereocenters. The summed E-state index contributed by atoms with van der Waals surface area (Å²) in [5.74, 6) is 0. The third kappa shape index (κ3) is 8.98. The van der Waals surface area contributed by atoms with Gasteiger partial charge in [0, 0.05) is 17.1 Å². The molecule has 0 aromatic heterocycles. The van der Waals surface area contributed by atoms with Gasteiger partial charge in [0.2, 0.25) is 0 Å². The zero-order chi connectivity index (χ0) is 0. The molecule has 4 heavy (non-hydrogen) atoms. The third-order valence-electron chi connectivity index (χ3n) is 0. The van der Waals surface area contributed by atoms with Crippen LogP contribution in [0.4, 0.5) is 0 Å². The van der Waals surface area contributed by atoms with E-state index in [4.69, 9.17) is 0 Å². The van der Waals surface area contributed by atoms with Crippen molar-refractivity contribution in [1.82, 2.24) is 6.15 Å². The SMILES string of the molecule is I.N.[CsH].[Cu]. The number of hydrogen-bond acceptors (Lipinski definition) is 1. The second kappa shape index (κ2) is 16.3. The van der Waals surface area contributed by atoms with E-state index in [2.05, 4.69) is 0 Å². The number of rotatable bonds is 0. The molecule has 0 aromatic carbocycles. The average molecular weight is 342 g/mol. The second-order valence-electron chi connectivity index (χ2n) is 0. The van der Waals surface area contributed by atoms with Crippen molar-refractivity contribution in [3.8, 4) is 0 Å². The Morgan fingerprint density at radius 2 is 1.00 bits per heavy atom. The van der Waals surface area contributed by atoms with Gasteiger partial charge in [0.25, 0.3) is 0 Å². The largest absolute Gasteiger partial charge is 0 e. The van der Waals surface area contributed by atoms with Gasteiger partial charge in [0.05, 0.1) is 0 Å². The molecule has 0 aliphatic carbocycles. The summed E-state index contributed by atoms with van der Waals surface area (Å²) in [6.45, 7) is 0. The molecule has 0 aliphatic heterocycles. The van der Waals surface area contributed by atoms with E-state index in [0.29, 0.717) is 0 Å².